The lowest BCUT2D eigenvalue weighted by atomic mass is 9.76. The van der Waals surface area contributed by atoms with Gasteiger partial charge in [-0.25, -0.2) is 8.42 Å². The number of halogens is 1. The van der Waals surface area contributed by atoms with Crippen LogP contribution in [0.4, 0.5) is 0 Å². The highest BCUT2D eigenvalue weighted by Crippen LogP contribution is 2.38. The summed E-state index contributed by atoms with van der Waals surface area (Å²) < 4.78 is 34.5. The predicted molar refractivity (Wildman–Crippen MR) is 84.1 cm³/mol. The van der Waals surface area contributed by atoms with Gasteiger partial charge in [0.2, 0.25) is 9.05 Å². The normalized spacial score (nSPS) is 26.6. The van der Waals surface area contributed by atoms with E-state index in [2.05, 4.69) is 13.8 Å². The van der Waals surface area contributed by atoms with Crippen LogP contribution in [-0.4, -0.2) is 40.1 Å². The molecule has 0 unspecified atom stereocenters. The molecule has 0 aromatic heterocycles. The maximum absolute atomic E-state index is 11.5. The molecule has 0 N–H and O–H groups in total. The van der Waals surface area contributed by atoms with Gasteiger partial charge >= 0.3 is 0 Å². The van der Waals surface area contributed by atoms with Gasteiger partial charge < -0.3 is 9.47 Å². The van der Waals surface area contributed by atoms with Gasteiger partial charge in [-0.05, 0) is 43.9 Å². The topological polar surface area (TPSA) is 52.6 Å². The van der Waals surface area contributed by atoms with Gasteiger partial charge in [0.25, 0.3) is 0 Å². The van der Waals surface area contributed by atoms with Crippen molar-refractivity contribution in [2.24, 2.45) is 10.8 Å². The average molecular weight is 339 g/mol. The zero-order valence-electron chi connectivity index (χ0n) is 13.1. The number of ether oxygens (including phenoxy) is 2. The summed E-state index contributed by atoms with van der Waals surface area (Å²) in [5.41, 5.74) is 0.0432. The number of hydrogen-bond acceptors (Lipinski definition) is 4. The quantitative estimate of drug-likeness (QED) is 0.721. The SMILES string of the molecule is CC1(C)CCC(OCC2(CS(=O)(=O)Cl)CCOCC2)CC1. The molecule has 124 valence electrons. The van der Waals surface area contributed by atoms with Crippen molar-refractivity contribution in [1.82, 2.24) is 0 Å². The molecular weight excluding hydrogens is 312 g/mol. The van der Waals surface area contributed by atoms with E-state index in [4.69, 9.17) is 20.2 Å². The summed E-state index contributed by atoms with van der Waals surface area (Å²) in [6.07, 6.45) is 6.13. The molecule has 0 aromatic rings. The number of rotatable bonds is 5. The van der Waals surface area contributed by atoms with Crippen molar-refractivity contribution >= 4 is 19.7 Å². The first-order chi connectivity index (χ1) is 9.70. The smallest absolute Gasteiger partial charge is 0.233 e. The van der Waals surface area contributed by atoms with Gasteiger partial charge in [-0.15, -0.1) is 0 Å². The molecule has 21 heavy (non-hydrogen) atoms. The van der Waals surface area contributed by atoms with E-state index in [0.717, 1.165) is 12.8 Å². The first-order valence-corrected chi connectivity index (χ1v) is 10.3. The fourth-order valence-electron chi connectivity index (χ4n) is 3.33. The Labute approximate surface area is 132 Å². The van der Waals surface area contributed by atoms with E-state index in [9.17, 15) is 8.42 Å². The largest absolute Gasteiger partial charge is 0.381 e. The molecule has 6 heteroatoms. The van der Waals surface area contributed by atoms with E-state index >= 15 is 0 Å². The van der Waals surface area contributed by atoms with Crippen LogP contribution in [0.1, 0.15) is 52.4 Å². The molecule has 1 aliphatic heterocycles. The third kappa shape index (κ3) is 5.70. The van der Waals surface area contributed by atoms with Crippen LogP contribution >= 0.6 is 10.7 Å². The molecule has 1 saturated carbocycles. The molecule has 1 saturated heterocycles. The molecule has 2 rings (SSSR count). The van der Waals surface area contributed by atoms with Crippen molar-refractivity contribution in [3.8, 4) is 0 Å². The summed E-state index contributed by atoms with van der Waals surface area (Å²) in [6.45, 7) is 6.25. The summed E-state index contributed by atoms with van der Waals surface area (Å²) in [6, 6.07) is 0. The van der Waals surface area contributed by atoms with Gasteiger partial charge in [-0.1, -0.05) is 13.8 Å². The van der Waals surface area contributed by atoms with E-state index in [1.165, 1.54) is 12.8 Å². The second-order valence-corrected chi connectivity index (χ2v) is 10.2. The van der Waals surface area contributed by atoms with Crippen molar-refractivity contribution in [3.63, 3.8) is 0 Å². The van der Waals surface area contributed by atoms with Gasteiger partial charge in [-0.2, -0.15) is 0 Å². The Bertz CT molecular complexity index is 431. The van der Waals surface area contributed by atoms with Crippen molar-refractivity contribution in [2.45, 2.75) is 58.5 Å². The van der Waals surface area contributed by atoms with Gasteiger partial charge in [0.1, 0.15) is 0 Å². The lowest BCUT2D eigenvalue weighted by Gasteiger charge is -2.39. The Morgan fingerprint density at radius 3 is 2.24 bits per heavy atom. The van der Waals surface area contributed by atoms with Crippen molar-refractivity contribution in [1.29, 1.82) is 0 Å². The molecule has 0 bridgehead atoms. The van der Waals surface area contributed by atoms with Crippen molar-refractivity contribution in [2.75, 3.05) is 25.6 Å². The Morgan fingerprint density at radius 1 is 1.14 bits per heavy atom. The summed E-state index contributed by atoms with van der Waals surface area (Å²) in [7, 11) is 1.97. The predicted octanol–water partition coefficient (Wildman–Crippen LogP) is 3.34. The zero-order chi connectivity index (χ0) is 15.6. The van der Waals surface area contributed by atoms with E-state index < -0.39 is 9.05 Å². The van der Waals surface area contributed by atoms with Crippen LogP contribution in [0, 0.1) is 10.8 Å². The minimum absolute atomic E-state index is 0.0108. The van der Waals surface area contributed by atoms with E-state index in [1.807, 2.05) is 0 Å². The molecule has 0 radical (unpaired) electrons. The van der Waals surface area contributed by atoms with Crippen LogP contribution in [0.15, 0.2) is 0 Å². The van der Waals surface area contributed by atoms with E-state index in [1.54, 1.807) is 0 Å². The second-order valence-electron chi connectivity index (χ2n) is 7.47. The molecule has 0 aromatic carbocycles. The Morgan fingerprint density at radius 2 is 1.71 bits per heavy atom. The molecular formula is C15H27ClO4S. The Hall–Kier alpha value is 0.160. The molecule has 1 aliphatic carbocycles. The minimum atomic E-state index is -3.52. The fourth-order valence-corrected chi connectivity index (χ4v) is 5.13. The van der Waals surface area contributed by atoms with Gasteiger partial charge in [-0.3, -0.25) is 0 Å². The first-order valence-electron chi connectivity index (χ1n) is 7.82. The van der Waals surface area contributed by atoms with Crippen LogP contribution in [-0.2, 0) is 18.5 Å². The first kappa shape index (κ1) is 17.5. The molecule has 0 amide bonds. The summed E-state index contributed by atoms with van der Waals surface area (Å²) >= 11 is 0. The molecule has 0 spiro atoms. The minimum Gasteiger partial charge on any atom is -0.381 e. The van der Waals surface area contributed by atoms with Crippen LogP contribution in [0.3, 0.4) is 0 Å². The van der Waals surface area contributed by atoms with Crippen molar-refractivity contribution < 1.29 is 17.9 Å². The summed E-state index contributed by atoms with van der Waals surface area (Å²) in [4.78, 5) is 0. The van der Waals surface area contributed by atoms with Crippen LogP contribution in [0.25, 0.3) is 0 Å². The molecule has 2 aliphatic rings. The highest BCUT2D eigenvalue weighted by atomic mass is 35.7. The lowest BCUT2D eigenvalue weighted by molar-refractivity contribution is -0.0688. The van der Waals surface area contributed by atoms with Crippen LogP contribution < -0.4 is 0 Å². The third-order valence-corrected chi connectivity index (χ3v) is 6.23. The van der Waals surface area contributed by atoms with Crippen LogP contribution in [0.2, 0.25) is 0 Å². The Kier molecular flexibility index (Phi) is 5.61. The lowest BCUT2D eigenvalue weighted by Crippen LogP contribution is -2.41. The average Bonchev–Trinajstić information content (AvgIpc) is 2.36. The monoisotopic (exact) mass is 338 g/mol. The molecule has 0 atom stereocenters. The summed E-state index contributed by atoms with van der Waals surface area (Å²) in [5.74, 6) is -0.0108. The van der Waals surface area contributed by atoms with Crippen molar-refractivity contribution in [3.05, 3.63) is 0 Å². The van der Waals surface area contributed by atoms with E-state index in [-0.39, 0.29) is 17.3 Å². The highest BCUT2D eigenvalue weighted by Gasteiger charge is 2.38. The summed E-state index contributed by atoms with van der Waals surface area (Å²) in [5, 5.41) is 0. The molecule has 2 fully saturated rings. The van der Waals surface area contributed by atoms with Crippen LogP contribution in [0.5, 0.6) is 0 Å². The zero-order valence-corrected chi connectivity index (χ0v) is 14.6. The fraction of sp³-hybridized carbons (Fsp3) is 1.00. The van der Waals surface area contributed by atoms with Gasteiger partial charge in [0, 0.05) is 29.3 Å². The number of hydrogen-bond donors (Lipinski definition) is 0. The van der Waals surface area contributed by atoms with E-state index in [0.29, 0.717) is 38.1 Å². The Balaban J connectivity index is 1.90. The van der Waals surface area contributed by atoms with Gasteiger partial charge in [0.15, 0.2) is 0 Å². The third-order valence-electron chi connectivity index (χ3n) is 4.94. The standard InChI is InChI=1S/C15H27ClO4S/c1-14(2)5-3-13(4-6-14)20-11-15(12-21(16,17)18)7-9-19-10-8-15/h13H,3-12H2,1-2H3. The maximum Gasteiger partial charge on any atom is 0.233 e. The molecule has 1 heterocycles. The molecule has 4 nitrogen and oxygen atoms in total. The maximum atomic E-state index is 11.5. The highest BCUT2D eigenvalue weighted by molar-refractivity contribution is 8.13. The second kappa shape index (κ2) is 6.73. The van der Waals surface area contributed by atoms with Gasteiger partial charge in [0.05, 0.1) is 18.5 Å².